The van der Waals surface area contributed by atoms with Crippen LogP contribution in [0.4, 0.5) is 0 Å². The molecule has 0 aromatic carbocycles. The monoisotopic (exact) mass is 222 g/mol. The third kappa shape index (κ3) is 2.75. The minimum atomic E-state index is -0.0830. The normalized spacial score (nSPS) is 34.8. The molecular formula is C13H22N2O. The minimum Gasteiger partial charge on any atom is -0.374 e. The fraction of sp³-hybridized carbons (Fsp3) is 0.923. The number of nitrogens with zero attached hydrogens (tertiary/aromatic N) is 2. The van der Waals surface area contributed by atoms with Gasteiger partial charge in [-0.05, 0) is 52.6 Å². The predicted octanol–water partition coefficient (Wildman–Crippen LogP) is 2.18. The van der Waals surface area contributed by atoms with Gasteiger partial charge in [0.15, 0.2) is 0 Å². The van der Waals surface area contributed by atoms with E-state index in [9.17, 15) is 0 Å². The lowest BCUT2D eigenvalue weighted by molar-refractivity contribution is 0.0208. The predicted molar refractivity (Wildman–Crippen MR) is 63.0 cm³/mol. The molecule has 0 N–H and O–H groups in total. The lowest BCUT2D eigenvalue weighted by Gasteiger charge is -2.35. The third-order valence-corrected chi connectivity index (χ3v) is 4.01. The van der Waals surface area contributed by atoms with Crippen molar-refractivity contribution in [1.29, 1.82) is 5.26 Å². The van der Waals surface area contributed by atoms with E-state index in [1.165, 1.54) is 12.8 Å². The first-order valence-corrected chi connectivity index (χ1v) is 6.40. The summed E-state index contributed by atoms with van der Waals surface area (Å²) in [6.07, 6.45) is 5.29. The molecule has 0 amide bonds. The smallest absolute Gasteiger partial charge is 0.0706 e. The quantitative estimate of drug-likeness (QED) is 0.718. The Kier molecular flexibility index (Phi) is 3.51. The van der Waals surface area contributed by atoms with Gasteiger partial charge in [-0.3, -0.25) is 0 Å². The summed E-state index contributed by atoms with van der Waals surface area (Å²) in [6.45, 7) is 7.41. The Hall–Kier alpha value is -0.590. The summed E-state index contributed by atoms with van der Waals surface area (Å²) >= 11 is 0. The molecule has 0 bridgehead atoms. The molecule has 0 saturated carbocycles. The van der Waals surface area contributed by atoms with Gasteiger partial charge in [0.25, 0.3) is 0 Å². The van der Waals surface area contributed by atoms with Crippen LogP contribution in [-0.4, -0.2) is 36.7 Å². The number of rotatable bonds is 2. The molecule has 3 nitrogen and oxygen atoms in total. The molecule has 0 aromatic rings. The van der Waals surface area contributed by atoms with Gasteiger partial charge in [-0.15, -0.1) is 0 Å². The van der Waals surface area contributed by atoms with Crippen molar-refractivity contribution in [3.05, 3.63) is 0 Å². The number of hydrogen-bond donors (Lipinski definition) is 0. The highest BCUT2D eigenvalue weighted by molar-refractivity contribution is 4.99. The van der Waals surface area contributed by atoms with Gasteiger partial charge in [0, 0.05) is 6.54 Å². The van der Waals surface area contributed by atoms with Crippen LogP contribution in [-0.2, 0) is 4.74 Å². The Morgan fingerprint density at radius 3 is 2.56 bits per heavy atom. The lowest BCUT2D eigenvalue weighted by atomic mass is 9.82. The molecule has 2 aliphatic rings. The Balaban J connectivity index is 1.76. The molecule has 2 rings (SSSR count). The summed E-state index contributed by atoms with van der Waals surface area (Å²) in [7, 11) is 0. The molecule has 0 aromatic heterocycles. The zero-order valence-electron chi connectivity index (χ0n) is 10.4. The van der Waals surface area contributed by atoms with Crippen molar-refractivity contribution in [2.45, 2.75) is 51.7 Å². The second kappa shape index (κ2) is 4.73. The van der Waals surface area contributed by atoms with Gasteiger partial charge in [-0.1, -0.05) is 0 Å². The number of nitriles is 1. The molecule has 2 fully saturated rings. The number of hydrogen-bond acceptors (Lipinski definition) is 3. The summed E-state index contributed by atoms with van der Waals surface area (Å²) in [5.41, 5.74) is -0.0830. The largest absolute Gasteiger partial charge is 0.374 e. The van der Waals surface area contributed by atoms with Crippen molar-refractivity contribution in [3.63, 3.8) is 0 Å². The highest BCUT2D eigenvalue weighted by Crippen LogP contribution is 2.30. The average Bonchev–Trinajstić information content (AvgIpc) is 2.68. The fourth-order valence-corrected chi connectivity index (χ4v) is 2.65. The maximum absolute atomic E-state index is 9.06. The van der Waals surface area contributed by atoms with E-state index in [0.29, 0.717) is 12.2 Å². The topological polar surface area (TPSA) is 36.3 Å². The van der Waals surface area contributed by atoms with E-state index in [1.807, 2.05) is 0 Å². The zero-order chi connectivity index (χ0) is 11.6. The van der Waals surface area contributed by atoms with E-state index in [1.54, 1.807) is 0 Å². The molecular weight excluding hydrogens is 200 g/mol. The Morgan fingerprint density at radius 2 is 2.06 bits per heavy atom. The van der Waals surface area contributed by atoms with Gasteiger partial charge in [-0.25, -0.2) is 0 Å². The van der Waals surface area contributed by atoms with Crippen LogP contribution in [0, 0.1) is 16.7 Å². The molecule has 2 saturated heterocycles. The van der Waals surface area contributed by atoms with Gasteiger partial charge in [0.1, 0.15) is 0 Å². The van der Waals surface area contributed by atoms with Gasteiger partial charge < -0.3 is 9.64 Å². The molecule has 2 unspecified atom stereocenters. The summed E-state index contributed by atoms with van der Waals surface area (Å²) in [5.74, 6) is 0. The average molecular weight is 222 g/mol. The molecule has 2 atom stereocenters. The van der Waals surface area contributed by atoms with Crippen LogP contribution >= 0.6 is 0 Å². The van der Waals surface area contributed by atoms with Crippen LogP contribution in [0.25, 0.3) is 0 Å². The van der Waals surface area contributed by atoms with Crippen molar-refractivity contribution in [3.8, 4) is 6.07 Å². The van der Waals surface area contributed by atoms with Crippen LogP contribution in [0.15, 0.2) is 0 Å². The van der Waals surface area contributed by atoms with E-state index in [2.05, 4.69) is 24.8 Å². The minimum absolute atomic E-state index is 0.0830. The van der Waals surface area contributed by atoms with E-state index < -0.39 is 0 Å². The third-order valence-electron chi connectivity index (χ3n) is 4.01. The highest BCUT2D eigenvalue weighted by atomic mass is 16.5. The lowest BCUT2D eigenvalue weighted by Crippen LogP contribution is -2.41. The van der Waals surface area contributed by atoms with Crippen molar-refractivity contribution >= 4 is 0 Å². The number of ether oxygens (including phenoxy) is 1. The van der Waals surface area contributed by atoms with Crippen molar-refractivity contribution in [2.24, 2.45) is 5.41 Å². The van der Waals surface area contributed by atoms with Gasteiger partial charge in [-0.2, -0.15) is 5.26 Å². The zero-order valence-corrected chi connectivity index (χ0v) is 10.4. The summed E-state index contributed by atoms with van der Waals surface area (Å²) in [6, 6.07) is 2.44. The van der Waals surface area contributed by atoms with Crippen molar-refractivity contribution < 1.29 is 4.74 Å². The molecule has 2 heterocycles. The first-order chi connectivity index (χ1) is 7.61. The molecule has 0 radical (unpaired) electrons. The van der Waals surface area contributed by atoms with E-state index >= 15 is 0 Å². The summed E-state index contributed by atoms with van der Waals surface area (Å²) in [4.78, 5) is 2.46. The number of piperidine rings is 1. The molecule has 2 aliphatic heterocycles. The second-order valence-corrected chi connectivity index (χ2v) is 5.62. The van der Waals surface area contributed by atoms with Gasteiger partial charge in [0.05, 0.1) is 23.7 Å². The van der Waals surface area contributed by atoms with E-state index in [-0.39, 0.29) is 5.41 Å². The molecule has 0 aliphatic carbocycles. The van der Waals surface area contributed by atoms with Crippen molar-refractivity contribution in [1.82, 2.24) is 4.90 Å². The van der Waals surface area contributed by atoms with Crippen LogP contribution in [0.1, 0.15) is 39.5 Å². The van der Waals surface area contributed by atoms with Gasteiger partial charge >= 0.3 is 0 Å². The van der Waals surface area contributed by atoms with Crippen LogP contribution in [0.3, 0.4) is 0 Å². The second-order valence-electron chi connectivity index (χ2n) is 5.62. The summed E-state index contributed by atoms with van der Waals surface area (Å²) < 4.78 is 5.84. The summed E-state index contributed by atoms with van der Waals surface area (Å²) in [5, 5.41) is 9.06. The maximum Gasteiger partial charge on any atom is 0.0706 e. The Bertz CT molecular complexity index is 276. The highest BCUT2D eigenvalue weighted by Gasteiger charge is 2.32. The van der Waals surface area contributed by atoms with Crippen LogP contribution < -0.4 is 0 Å². The van der Waals surface area contributed by atoms with Crippen molar-refractivity contribution in [2.75, 3.05) is 19.6 Å². The molecule has 0 spiro atoms. The maximum atomic E-state index is 9.06. The molecule has 3 heteroatoms. The molecule has 16 heavy (non-hydrogen) atoms. The first-order valence-electron chi connectivity index (χ1n) is 6.40. The SMILES string of the molecule is CC1CCC(CN2CCC(C)(C#N)CC2)O1. The van der Waals surface area contributed by atoms with Crippen LogP contribution in [0.2, 0.25) is 0 Å². The number of likely N-dealkylation sites (tertiary alicyclic amines) is 1. The Morgan fingerprint density at radius 1 is 1.38 bits per heavy atom. The standard InChI is InChI=1S/C13H22N2O/c1-11-3-4-12(16-11)9-15-7-5-13(2,10-14)6-8-15/h11-12H,3-9H2,1-2H3. The van der Waals surface area contributed by atoms with Crippen LogP contribution in [0.5, 0.6) is 0 Å². The first kappa shape index (κ1) is 11.9. The van der Waals surface area contributed by atoms with E-state index in [4.69, 9.17) is 10.00 Å². The molecule has 90 valence electrons. The Labute approximate surface area is 98.4 Å². The van der Waals surface area contributed by atoms with Gasteiger partial charge in [0.2, 0.25) is 0 Å². The van der Waals surface area contributed by atoms with E-state index in [0.717, 1.165) is 32.5 Å². The fourth-order valence-electron chi connectivity index (χ4n) is 2.65.